The van der Waals surface area contributed by atoms with E-state index in [4.69, 9.17) is 0 Å². The molecule has 4 rings (SSSR count). The lowest BCUT2D eigenvalue weighted by molar-refractivity contribution is 0.240. The van der Waals surface area contributed by atoms with E-state index in [2.05, 4.69) is 9.89 Å². The van der Waals surface area contributed by atoms with Gasteiger partial charge in [0.25, 0.3) is 0 Å². The molecule has 2 aliphatic heterocycles. The number of nitrogens with zero attached hydrogens (tertiary/aromatic N) is 2. The number of hydrogen-bond donors (Lipinski definition) is 1. The Hall–Kier alpha value is -1.37. The third-order valence-corrected chi connectivity index (χ3v) is 5.94. The van der Waals surface area contributed by atoms with E-state index >= 15 is 0 Å². The molecule has 1 aromatic carbocycles. The van der Waals surface area contributed by atoms with E-state index in [0.717, 1.165) is 39.1 Å². The number of thiophene rings is 1. The van der Waals surface area contributed by atoms with Crippen LogP contribution in [0.1, 0.15) is 12.5 Å². The largest absolute Gasteiger partial charge is 0.388 e. The molecule has 0 bridgehead atoms. The molecule has 1 atom stereocenters. The van der Waals surface area contributed by atoms with Gasteiger partial charge in [-0.1, -0.05) is 11.8 Å². The molecule has 0 radical (unpaired) electrons. The van der Waals surface area contributed by atoms with E-state index in [0.29, 0.717) is 5.39 Å². The Morgan fingerprint density at radius 2 is 2.24 bits per heavy atom. The first-order chi connectivity index (χ1) is 10.2. The van der Waals surface area contributed by atoms with Gasteiger partial charge in [-0.25, -0.2) is 4.39 Å². The molecule has 1 unspecified atom stereocenters. The number of thioether (sulfide) groups is 1. The zero-order valence-corrected chi connectivity index (χ0v) is 13.0. The molecule has 3 nitrogen and oxygen atoms in total. The van der Waals surface area contributed by atoms with Gasteiger partial charge >= 0.3 is 0 Å². The van der Waals surface area contributed by atoms with E-state index in [-0.39, 0.29) is 5.82 Å². The van der Waals surface area contributed by atoms with Crippen molar-refractivity contribution in [1.82, 2.24) is 4.90 Å². The predicted octanol–water partition coefficient (Wildman–Crippen LogP) is 3.51. The first-order valence-electron chi connectivity index (χ1n) is 6.75. The lowest BCUT2D eigenvalue weighted by atomic mass is 10.1. The maximum absolute atomic E-state index is 13.9. The predicted molar refractivity (Wildman–Crippen MR) is 87.0 cm³/mol. The topological polar surface area (TPSA) is 35.8 Å². The van der Waals surface area contributed by atoms with Crippen LogP contribution in [0.4, 0.5) is 4.39 Å². The van der Waals surface area contributed by atoms with Gasteiger partial charge in [0, 0.05) is 27.1 Å². The monoisotopic (exact) mass is 320 g/mol. The van der Waals surface area contributed by atoms with E-state index in [1.54, 1.807) is 6.92 Å². The number of halogens is 1. The van der Waals surface area contributed by atoms with Crippen molar-refractivity contribution in [2.45, 2.75) is 13.0 Å². The Balaban J connectivity index is 1.97. The molecule has 0 aliphatic carbocycles. The quantitative estimate of drug-likeness (QED) is 0.920. The van der Waals surface area contributed by atoms with Crippen LogP contribution in [0.5, 0.6) is 0 Å². The van der Waals surface area contributed by atoms with E-state index in [9.17, 15) is 9.50 Å². The van der Waals surface area contributed by atoms with Crippen LogP contribution in [0.2, 0.25) is 0 Å². The van der Waals surface area contributed by atoms with Gasteiger partial charge in [0.05, 0.1) is 18.3 Å². The van der Waals surface area contributed by atoms with Crippen molar-refractivity contribution < 1.29 is 9.50 Å². The minimum Gasteiger partial charge on any atom is -0.388 e. The molecule has 6 heteroatoms. The van der Waals surface area contributed by atoms with Gasteiger partial charge in [0.1, 0.15) is 5.82 Å². The molecule has 2 aromatic rings. The van der Waals surface area contributed by atoms with Crippen LogP contribution in [-0.4, -0.2) is 34.4 Å². The molecule has 21 heavy (non-hydrogen) atoms. The van der Waals surface area contributed by atoms with Crippen molar-refractivity contribution in [1.29, 1.82) is 0 Å². The van der Waals surface area contributed by atoms with Gasteiger partial charge < -0.3 is 10.0 Å². The highest BCUT2D eigenvalue weighted by atomic mass is 32.2. The van der Waals surface area contributed by atoms with Crippen LogP contribution in [0.15, 0.2) is 33.5 Å². The summed E-state index contributed by atoms with van der Waals surface area (Å²) in [7, 11) is 0. The minimum absolute atomic E-state index is 0.199. The highest BCUT2D eigenvalue weighted by Gasteiger charge is 2.35. The van der Waals surface area contributed by atoms with Crippen molar-refractivity contribution in [2.24, 2.45) is 4.99 Å². The lowest BCUT2D eigenvalue weighted by Crippen LogP contribution is -2.20. The lowest BCUT2D eigenvalue weighted by Gasteiger charge is -2.18. The van der Waals surface area contributed by atoms with Gasteiger partial charge in [-0.3, -0.25) is 4.99 Å². The van der Waals surface area contributed by atoms with Crippen LogP contribution in [0.3, 0.4) is 0 Å². The Kier molecular flexibility index (Phi) is 3.06. The molecule has 1 N–H and O–H groups in total. The minimum atomic E-state index is -0.557. The standard InChI is InChI=1S/C15H13FN2OS2/c1-8(19)13-12(18-6-5-17-15(18)21-13)10-2-3-11(16)9-4-7-20-14(9)10/h2-4,7-8,19H,5-6H2,1H3. The molecular weight excluding hydrogens is 307 g/mol. The summed E-state index contributed by atoms with van der Waals surface area (Å²) in [6.07, 6.45) is -0.557. The molecule has 0 spiro atoms. The van der Waals surface area contributed by atoms with Gasteiger partial charge in [-0.2, -0.15) is 0 Å². The number of aliphatic hydroxyl groups excluding tert-OH is 1. The normalized spacial score (nSPS) is 19.4. The van der Waals surface area contributed by atoms with Crippen molar-refractivity contribution in [3.05, 3.63) is 39.9 Å². The van der Waals surface area contributed by atoms with E-state index in [1.165, 1.54) is 29.2 Å². The number of amidine groups is 1. The zero-order chi connectivity index (χ0) is 14.6. The number of aliphatic imine (C=N–C) groups is 1. The fourth-order valence-electron chi connectivity index (χ4n) is 2.78. The SMILES string of the molecule is CC(O)C1=C(c2ccc(F)c3ccsc23)N2CCN=C2S1. The number of rotatable bonds is 2. The summed E-state index contributed by atoms with van der Waals surface area (Å²) >= 11 is 3.06. The van der Waals surface area contributed by atoms with Gasteiger partial charge in [-0.05, 0) is 30.5 Å². The van der Waals surface area contributed by atoms with Crippen LogP contribution >= 0.6 is 23.1 Å². The molecule has 1 aromatic heterocycles. The van der Waals surface area contributed by atoms with Crippen LogP contribution in [0, 0.1) is 5.82 Å². The summed E-state index contributed by atoms with van der Waals surface area (Å²) in [6.45, 7) is 3.35. The summed E-state index contributed by atoms with van der Waals surface area (Å²) in [6, 6.07) is 5.13. The number of hydrogen-bond acceptors (Lipinski definition) is 5. The summed E-state index contributed by atoms with van der Waals surface area (Å²) in [5, 5.41) is 13.6. The zero-order valence-electron chi connectivity index (χ0n) is 11.3. The fourth-order valence-corrected chi connectivity index (χ4v) is 4.83. The summed E-state index contributed by atoms with van der Waals surface area (Å²) < 4.78 is 14.8. The van der Waals surface area contributed by atoms with Crippen LogP contribution < -0.4 is 0 Å². The highest BCUT2D eigenvalue weighted by Crippen LogP contribution is 2.45. The second-order valence-electron chi connectivity index (χ2n) is 5.07. The average Bonchev–Trinajstić information content (AvgIpc) is 3.13. The number of aliphatic hydroxyl groups is 1. The van der Waals surface area contributed by atoms with Crippen LogP contribution in [-0.2, 0) is 0 Å². The Labute approximate surface area is 129 Å². The summed E-state index contributed by atoms with van der Waals surface area (Å²) in [5.74, 6) is -0.199. The van der Waals surface area contributed by atoms with Gasteiger partial charge in [0.15, 0.2) is 5.17 Å². The average molecular weight is 320 g/mol. The van der Waals surface area contributed by atoms with E-state index < -0.39 is 6.10 Å². The number of benzene rings is 1. The molecule has 0 saturated carbocycles. The van der Waals surface area contributed by atoms with Crippen molar-refractivity contribution in [2.75, 3.05) is 13.1 Å². The highest BCUT2D eigenvalue weighted by molar-refractivity contribution is 8.17. The maximum Gasteiger partial charge on any atom is 0.168 e. The van der Waals surface area contributed by atoms with Crippen molar-refractivity contribution in [3.8, 4) is 0 Å². The van der Waals surface area contributed by atoms with Gasteiger partial charge in [0.2, 0.25) is 0 Å². The second-order valence-corrected chi connectivity index (χ2v) is 6.99. The maximum atomic E-state index is 13.9. The number of fused-ring (bicyclic) bond motifs is 2. The van der Waals surface area contributed by atoms with Crippen molar-refractivity contribution >= 4 is 44.0 Å². The molecule has 2 aliphatic rings. The third-order valence-electron chi connectivity index (χ3n) is 3.70. The summed E-state index contributed by atoms with van der Waals surface area (Å²) in [4.78, 5) is 7.51. The fraction of sp³-hybridized carbons (Fsp3) is 0.267. The molecule has 0 saturated heterocycles. The molecule has 0 fully saturated rings. The summed E-state index contributed by atoms with van der Waals surface area (Å²) in [5.41, 5.74) is 1.97. The second kappa shape index (κ2) is 4.83. The van der Waals surface area contributed by atoms with E-state index in [1.807, 2.05) is 17.5 Å². The molecule has 3 heterocycles. The first-order valence-corrected chi connectivity index (χ1v) is 8.44. The van der Waals surface area contributed by atoms with Gasteiger partial charge in [-0.15, -0.1) is 11.3 Å². The van der Waals surface area contributed by atoms with Crippen molar-refractivity contribution in [3.63, 3.8) is 0 Å². The Bertz CT molecular complexity index is 794. The molecule has 0 amide bonds. The first kappa shape index (κ1) is 13.3. The Morgan fingerprint density at radius 1 is 1.38 bits per heavy atom. The Morgan fingerprint density at radius 3 is 3.05 bits per heavy atom. The van der Waals surface area contributed by atoms with Crippen LogP contribution in [0.25, 0.3) is 15.8 Å². The molecular formula is C15H13FN2OS2. The third kappa shape index (κ3) is 1.93. The smallest absolute Gasteiger partial charge is 0.168 e. The molecule has 108 valence electrons.